The van der Waals surface area contributed by atoms with Crippen LogP contribution in [0.3, 0.4) is 0 Å². The maximum atomic E-state index is 13.3. The standard InChI is InChI=1S/C22H24FN7.ClH/c23-18-1-3-20(4-2-18)30-21(8-12-27-30)22(24)9-5-16(13-26-22)17-14-28-29(15-17)19-6-10-25-11-7-19;/h1-5,8-9,12-15,19,25-26H,6-7,10-11,24H2;1H. The second-order valence-corrected chi connectivity index (χ2v) is 7.74. The first kappa shape index (κ1) is 21.3. The van der Waals surface area contributed by atoms with Gasteiger partial charge in [-0.15, -0.1) is 12.4 Å². The van der Waals surface area contributed by atoms with Crippen molar-refractivity contribution in [2.24, 2.45) is 5.73 Å². The average molecular weight is 442 g/mol. The molecule has 0 bridgehead atoms. The molecule has 4 heterocycles. The van der Waals surface area contributed by atoms with Gasteiger partial charge in [0.25, 0.3) is 0 Å². The third-order valence-corrected chi connectivity index (χ3v) is 5.75. The molecule has 5 rings (SSSR count). The third-order valence-electron chi connectivity index (χ3n) is 5.75. The highest BCUT2D eigenvalue weighted by atomic mass is 35.5. The normalized spacial score (nSPS) is 21.3. The van der Waals surface area contributed by atoms with Crippen molar-refractivity contribution in [1.29, 1.82) is 0 Å². The third kappa shape index (κ3) is 4.14. The van der Waals surface area contributed by atoms with Gasteiger partial charge >= 0.3 is 0 Å². The summed E-state index contributed by atoms with van der Waals surface area (Å²) in [6.45, 7) is 2.06. The Kier molecular flexibility index (Phi) is 5.95. The predicted octanol–water partition coefficient (Wildman–Crippen LogP) is 2.87. The summed E-state index contributed by atoms with van der Waals surface area (Å²) in [6, 6.07) is 8.48. The van der Waals surface area contributed by atoms with Crippen LogP contribution in [0.2, 0.25) is 0 Å². The number of rotatable bonds is 4. The summed E-state index contributed by atoms with van der Waals surface area (Å²) in [6.07, 6.45) is 13.7. The van der Waals surface area contributed by atoms with E-state index in [-0.39, 0.29) is 18.2 Å². The van der Waals surface area contributed by atoms with Crippen molar-refractivity contribution in [1.82, 2.24) is 30.2 Å². The number of hydrogen-bond donors (Lipinski definition) is 3. The van der Waals surface area contributed by atoms with Crippen LogP contribution in [-0.4, -0.2) is 32.7 Å². The van der Waals surface area contributed by atoms with Crippen LogP contribution in [-0.2, 0) is 5.66 Å². The fraction of sp³-hybridized carbons (Fsp3) is 0.273. The quantitative estimate of drug-likeness (QED) is 0.579. The van der Waals surface area contributed by atoms with Gasteiger partial charge in [0.15, 0.2) is 0 Å². The summed E-state index contributed by atoms with van der Waals surface area (Å²) in [7, 11) is 0. The van der Waals surface area contributed by atoms with Crippen LogP contribution in [0.1, 0.15) is 30.1 Å². The molecule has 0 amide bonds. The first-order valence-corrected chi connectivity index (χ1v) is 10.1. The molecule has 0 radical (unpaired) electrons. The zero-order valence-corrected chi connectivity index (χ0v) is 17.7. The summed E-state index contributed by atoms with van der Waals surface area (Å²) in [5.74, 6) is -0.289. The molecule has 1 atom stereocenters. The van der Waals surface area contributed by atoms with Gasteiger partial charge in [-0.1, -0.05) is 6.08 Å². The Labute approximate surface area is 186 Å². The van der Waals surface area contributed by atoms with Crippen LogP contribution < -0.4 is 16.4 Å². The molecule has 2 aliphatic heterocycles. The minimum Gasteiger partial charge on any atom is -0.365 e. The number of halogens is 2. The van der Waals surface area contributed by atoms with E-state index in [9.17, 15) is 4.39 Å². The summed E-state index contributed by atoms with van der Waals surface area (Å²) in [5.41, 5.74) is 9.28. The number of nitrogens with zero attached hydrogens (tertiary/aromatic N) is 4. The first-order valence-electron chi connectivity index (χ1n) is 10.1. The van der Waals surface area contributed by atoms with Crippen molar-refractivity contribution in [3.05, 3.63) is 84.3 Å². The molecule has 162 valence electrons. The topological polar surface area (TPSA) is 85.7 Å². The second kappa shape index (κ2) is 8.66. The van der Waals surface area contributed by atoms with Crippen LogP contribution in [0.25, 0.3) is 11.3 Å². The van der Waals surface area contributed by atoms with Crippen molar-refractivity contribution in [3.8, 4) is 5.69 Å². The Morgan fingerprint density at radius 3 is 2.58 bits per heavy atom. The number of nitrogens with two attached hydrogens (primary N) is 1. The Balaban J connectivity index is 0.00000231. The summed E-state index contributed by atoms with van der Waals surface area (Å²) in [4.78, 5) is 0. The Morgan fingerprint density at radius 2 is 1.87 bits per heavy atom. The fourth-order valence-corrected chi connectivity index (χ4v) is 4.02. The zero-order chi connectivity index (χ0) is 20.6. The molecule has 4 N–H and O–H groups in total. The molecule has 2 aromatic heterocycles. The van der Waals surface area contributed by atoms with E-state index >= 15 is 0 Å². The number of dihydropyridines is 1. The van der Waals surface area contributed by atoms with Gasteiger partial charge in [-0.05, 0) is 62.3 Å². The van der Waals surface area contributed by atoms with Gasteiger partial charge in [0, 0.05) is 29.7 Å². The number of benzene rings is 1. The molecule has 1 aromatic carbocycles. The highest BCUT2D eigenvalue weighted by Gasteiger charge is 2.30. The van der Waals surface area contributed by atoms with Gasteiger partial charge in [-0.2, -0.15) is 10.2 Å². The van der Waals surface area contributed by atoms with Crippen LogP contribution in [0, 0.1) is 5.82 Å². The molecule has 1 saturated heterocycles. The van der Waals surface area contributed by atoms with Gasteiger partial charge in [-0.3, -0.25) is 4.68 Å². The average Bonchev–Trinajstić information content (AvgIpc) is 3.46. The van der Waals surface area contributed by atoms with Crippen molar-refractivity contribution >= 4 is 18.0 Å². The Bertz CT molecular complexity index is 1100. The van der Waals surface area contributed by atoms with E-state index in [1.807, 2.05) is 30.6 Å². The second-order valence-electron chi connectivity index (χ2n) is 7.74. The lowest BCUT2D eigenvalue weighted by Crippen LogP contribution is -2.48. The smallest absolute Gasteiger partial charge is 0.149 e. The Hall–Kier alpha value is -2.94. The van der Waals surface area contributed by atoms with Gasteiger partial charge in [0.1, 0.15) is 11.5 Å². The number of aromatic nitrogens is 4. The number of hydrogen-bond acceptors (Lipinski definition) is 5. The SMILES string of the molecule is Cl.NC1(c2ccnn2-c2ccc(F)cc2)C=CC(c2cnn(C3CCNCC3)c2)=CN1. The zero-order valence-electron chi connectivity index (χ0n) is 16.9. The van der Waals surface area contributed by atoms with E-state index in [1.54, 1.807) is 23.0 Å². The fourth-order valence-electron chi connectivity index (χ4n) is 4.02. The highest BCUT2D eigenvalue weighted by Crippen LogP contribution is 2.28. The molecule has 9 heteroatoms. The van der Waals surface area contributed by atoms with Crippen molar-refractivity contribution in [3.63, 3.8) is 0 Å². The molecule has 2 aliphatic rings. The van der Waals surface area contributed by atoms with Gasteiger partial charge in [-0.25, -0.2) is 9.07 Å². The van der Waals surface area contributed by atoms with E-state index in [2.05, 4.69) is 31.7 Å². The Morgan fingerprint density at radius 1 is 1.10 bits per heavy atom. The van der Waals surface area contributed by atoms with E-state index in [0.717, 1.165) is 48.4 Å². The van der Waals surface area contributed by atoms with E-state index in [1.165, 1.54) is 12.1 Å². The lowest BCUT2D eigenvalue weighted by atomic mass is 9.99. The lowest BCUT2D eigenvalue weighted by molar-refractivity contribution is 0.343. The summed E-state index contributed by atoms with van der Waals surface area (Å²) in [5, 5.41) is 15.6. The minimum atomic E-state index is -0.931. The first-order chi connectivity index (χ1) is 14.6. The van der Waals surface area contributed by atoms with E-state index in [0.29, 0.717) is 6.04 Å². The molecule has 31 heavy (non-hydrogen) atoms. The van der Waals surface area contributed by atoms with Gasteiger partial charge < -0.3 is 16.4 Å². The maximum absolute atomic E-state index is 13.3. The molecular formula is C22H25ClFN7. The van der Waals surface area contributed by atoms with Crippen LogP contribution in [0.4, 0.5) is 4.39 Å². The number of piperidine rings is 1. The summed E-state index contributed by atoms with van der Waals surface area (Å²) < 4.78 is 17.1. The molecule has 1 unspecified atom stereocenters. The maximum Gasteiger partial charge on any atom is 0.149 e. The van der Waals surface area contributed by atoms with Crippen molar-refractivity contribution in [2.45, 2.75) is 24.5 Å². The van der Waals surface area contributed by atoms with Crippen molar-refractivity contribution < 1.29 is 4.39 Å². The molecule has 0 saturated carbocycles. The van der Waals surface area contributed by atoms with Crippen LogP contribution in [0.5, 0.6) is 0 Å². The molecule has 1 fully saturated rings. The minimum absolute atomic E-state index is 0. The molecule has 0 spiro atoms. The largest absolute Gasteiger partial charge is 0.365 e. The monoisotopic (exact) mass is 441 g/mol. The number of nitrogens with one attached hydrogen (secondary N) is 2. The van der Waals surface area contributed by atoms with Gasteiger partial charge in [0.2, 0.25) is 0 Å². The molecule has 3 aromatic rings. The van der Waals surface area contributed by atoms with Crippen LogP contribution in [0.15, 0.2) is 67.3 Å². The van der Waals surface area contributed by atoms with E-state index < -0.39 is 5.66 Å². The lowest BCUT2D eigenvalue weighted by Gasteiger charge is -2.30. The van der Waals surface area contributed by atoms with Gasteiger partial charge in [0.05, 0.1) is 23.6 Å². The van der Waals surface area contributed by atoms with E-state index in [4.69, 9.17) is 5.73 Å². The summed E-state index contributed by atoms with van der Waals surface area (Å²) >= 11 is 0. The molecule has 0 aliphatic carbocycles. The number of allylic oxidation sites excluding steroid dienone is 2. The predicted molar refractivity (Wildman–Crippen MR) is 120 cm³/mol. The molecule has 7 nitrogen and oxygen atoms in total. The van der Waals surface area contributed by atoms with Crippen LogP contribution >= 0.6 is 12.4 Å². The highest BCUT2D eigenvalue weighted by molar-refractivity contribution is 5.85. The molecular weight excluding hydrogens is 417 g/mol. The van der Waals surface area contributed by atoms with Crippen molar-refractivity contribution in [2.75, 3.05) is 13.1 Å².